The summed E-state index contributed by atoms with van der Waals surface area (Å²) in [7, 11) is 1.64. The molecule has 0 saturated heterocycles. The first-order chi connectivity index (χ1) is 11.6. The van der Waals surface area contributed by atoms with Gasteiger partial charge in [0.25, 0.3) is 0 Å². The summed E-state index contributed by atoms with van der Waals surface area (Å²) in [5.41, 5.74) is 1.70. The third-order valence-corrected chi connectivity index (χ3v) is 3.54. The van der Waals surface area contributed by atoms with E-state index in [-0.39, 0.29) is 0 Å². The third kappa shape index (κ3) is 3.94. The van der Waals surface area contributed by atoms with Gasteiger partial charge >= 0.3 is 0 Å². The van der Waals surface area contributed by atoms with E-state index < -0.39 is 0 Å². The lowest BCUT2D eigenvalue weighted by Crippen LogP contribution is -2.02. The number of ether oxygens (including phenoxy) is 1. The van der Waals surface area contributed by atoms with Gasteiger partial charge in [0, 0.05) is 16.8 Å². The van der Waals surface area contributed by atoms with Gasteiger partial charge in [-0.1, -0.05) is 29.8 Å². The zero-order valence-corrected chi connectivity index (χ0v) is 14.1. The lowest BCUT2D eigenvalue weighted by Gasteiger charge is -2.12. The highest BCUT2D eigenvalue weighted by Crippen LogP contribution is 2.27. The molecule has 1 aromatic heterocycles. The molecule has 3 aromatic rings. The molecule has 0 aliphatic carbocycles. The van der Waals surface area contributed by atoms with Gasteiger partial charge in [-0.15, -0.1) is 0 Å². The smallest absolute Gasteiger partial charge is 0.142 e. The number of anilines is 4. The van der Waals surface area contributed by atoms with Gasteiger partial charge in [-0.05, 0) is 37.3 Å². The normalized spacial score (nSPS) is 10.3. The molecule has 0 atom stereocenters. The fourth-order valence-corrected chi connectivity index (χ4v) is 2.49. The van der Waals surface area contributed by atoms with E-state index in [1.165, 1.54) is 0 Å². The second-order valence-electron chi connectivity index (χ2n) is 5.15. The Morgan fingerprint density at radius 3 is 2.42 bits per heavy atom. The first kappa shape index (κ1) is 16.1. The zero-order chi connectivity index (χ0) is 16.9. The Morgan fingerprint density at radius 2 is 1.67 bits per heavy atom. The molecule has 24 heavy (non-hydrogen) atoms. The fraction of sp³-hybridized carbons (Fsp3) is 0.111. The Labute approximate surface area is 145 Å². The molecule has 6 heteroatoms. The van der Waals surface area contributed by atoms with E-state index in [4.69, 9.17) is 16.3 Å². The molecule has 0 radical (unpaired) electrons. The number of para-hydroxylation sites is 2. The monoisotopic (exact) mass is 340 g/mol. The van der Waals surface area contributed by atoms with Crippen molar-refractivity contribution in [3.63, 3.8) is 0 Å². The molecule has 0 bridgehead atoms. The van der Waals surface area contributed by atoms with Gasteiger partial charge in [-0.25, -0.2) is 9.97 Å². The van der Waals surface area contributed by atoms with E-state index in [0.29, 0.717) is 22.5 Å². The molecule has 0 fully saturated rings. The van der Waals surface area contributed by atoms with Crippen LogP contribution in [0.2, 0.25) is 5.02 Å². The van der Waals surface area contributed by atoms with Gasteiger partial charge in [0.2, 0.25) is 0 Å². The summed E-state index contributed by atoms with van der Waals surface area (Å²) in [6, 6.07) is 17.0. The number of aryl methyl sites for hydroxylation is 1. The number of hydrogen-bond donors (Lipinski definition) is 2. The lowest BCUT2D eigenvalue weighted by atomic mass is 10.3. The van der Waals surface area contributed by atoms with Crippen molar-refractivity contribution in [1.29, 1.82) is 0 Å². The summed E-state index contributed by atoms with van der Waals surface area (Å²) in [5, 5.41) is 7.16. The molecular formula is C18H17ClN4O. The van der Waals surface area contributed by atoms with E-state index in [1.54, 1.807) is 7.11 Å². The van der Waals surface area contributed by atoms with E-state index in [2.05, 4.69) is 20.6 Å². The molecule has 0 saturated carbocycles. The van der Waals surface area contributed by atoms with Gasteiger partial charge in [-0.3, -0.25) is 0 Å². The minimum Gasteiger partial charge on any atom is -0.495 e. The first-order valence-corrected chi connectivity index (χ1v) is 7.80. The summed E-state index contributed by atoms with van der Waals surface area (Å²) >= 11 is 6.02. The summed E-state index contributed by atoms with van der Waals surface area (Å²) in [6.45, 7) is 1.84. The number of hydrogen-bond acceptors (Lipinski definition) is 5. The van der Waals surface area contributed by atoms with Crippen molar-refractivity contribution in [3.05, 3.63) is 65.4 Å². The molecule has 0 spiro atoms. The molecule has 5 nitrogen and oxygen atoms in total. The van der Waals surface area contributed by atoms with Crippen LogP contribution in [-0.4, -0.2) is 17.1 Å². The Hall–Kier alpha value is -2.79. The van der Waals surface area contributed by atoms with Crippen LogP contribution in [0.3, 0.4) is 0 Å². The predicted octanol–water partition coefficient (Wildman–Crippen LogP) is 4.93. The first-order valence-electron chi connectivity index (χ1n) is 7.42. The molecule has 3 rings (SSSR count). The number of rotatable bonds is 5. The van der Waals surface area contributed by atoms with Crippen LogP contribution in [0, 0.1) is 6.92 Å². The maximum atomic E-state index is 6.02. The standard InChI is InChI=1S/C18H17ClN4O/c1-12-20-17(22-14-7-5-6-13(19)10-14)11-18(21-12)23-15-8-3-4-9-16(15)24-2/h3-11H,1-2H3,(H2,20,21,22,23). The van der Waals surface area contributed by atoms with Crippen LogP contribution >= 0.6 is 11.6 Å². The molecule has 2 aromatic carbocycles. The fourth-order valence-electron chi connectivity index (χ4n) is 2.30. The maximum absolute atomic E-state index is 6.02. The number of nitrogens with one attached hydrogen (secondary N) is 2. The molecule has 122 valence electrons. The number of methoxy groups -OCH3 is 1. The Morgan fingerprint density at radius 1 is 0.917 bits per heavy atom. The number of nitrogens with zero attached hydrogens (tertiary/aromatic N) is 2. The van der Waals surface area contributed by atoms with E-state index >= 15 is 0 Å². The summed E-state index contributed by atoms with van der Waals surface area (Å²) in [6.07, 6.45) is 0. The molecule has 0 aliphatic heterocycles. The van der Waals surface area contributed by atoms with Crippen LogP contribution in [0.15, 0.2) is 54.6 Å². The van der Waals surface area contributed by atoms with Crippen LogP contribution in [0.1, 0.15) is 5.82 Å². The second-order valence-corrected chi connectivity index (χ2v) is 5.58. The maximum Gasteiger partial charge on any atom is 0.142 e. The second kappa shape index (κ2) is 7.19. The van der Waals surface area contributed by atoms with Crippen molar-refractivity contribution in [2.24, 2.45) is 0 Å². The van der Waals surface area contributed by atoms with E-state index in [1.807, 2.05) is 61.5 Å². The van der Waals surface area contributed by atoms with Crippen LogP contribution in [0.4, 0.5) is 23.0 Å². The van der Waals surface area contributed by atoms with Crippen molar-refractivity contribution in [3.8, 4) is 5.75 Å². The summed E-state index contributed by atoms with van der Waals surface area (Å²) < 4.78 is 5.35. The predicted molar refractivity (Wildman–Crippen MR) is 97.8 cm³/mol. The van der Waals surface area contributed by atoms with Gasteiger partial charge in [-0.2, -0.15) is 0 Å². The van der Waals surface area contributed by atoms with Crippen molar-refractivity contribution < 1.29 is 4.74 Å². The lowest BCUT2D eigenvalue weighted by molar-refractivity contribution is 0.417. The Balaban J connectivity index is 1.86. The van der Waals surface area contributed by atoms with Crippen LogP contribution < -0.4 is 15.4 Å². The van der Waals surface area contributed by atoms with Crippen LogP contribution in [0.5, 0.6) is 5.75 Å². The molecule has 0 unspecified atom stereocenters. The highest BCUT2D eigenvalue weighted by atomic mass is 35.5. The number of benzene rings is 2. The highest BCUT2D eigenvalue weighted by Gasteiger charge is 2.06. The molecule has 0 amide bonds. The quantitative estimate of drug-likeness (QED) is 0.689. The van der Waals surface area contributed by atoms with E-state index in [9.17, 15) is 0 Å². The number of aromatic nitrogens is 2. The average Bonchev–Trinajstić information content (AvgIpc) is 2.55. The van der Waals surface area contributed by atoms with Crippen LogP contribution in [-0.2, 0) is 0 Å². The highest BCUT2D eigenvalue weighted by molar-refractivity contribution is 6.30. The third-order valence-electron chi connectivity index (χ3n) is 3.30. The minimum absolute atomic E-state index is 0.652. The van der Waals surface area contributed by atoms with Crippen LogP contribution in [0.25, 0.3) is 0 Å². The van der Waals surface area contributed by atoms with Crippen molar-refractivity contribution in [2.45, 2.75) is 6.92 Å². The summed E-state index contributed by atoms with van der Waals surface area (Å²) in [4.78, 5) is 8.83. The van der Waals surface area contributed by atoms with Gasteiger partial charge < -0.3 is 15.4 Å². The SMILES string of the molecule is COc1ccccc1Nc1cc(Nc2cccc(Cl)c2)nc(C)n1. The molecule has 1 heterocycles. The van der Waals surface area contributed by atoms with E-state index in [0.717, 1.165) is 17.1 Å². The van der Waals surface area contributed by atoms with Crippen molar-refractivity contribution in [1.82, 2.24) is 9.97 Å². The zero-order valence-electron chi connectivity index (χ0n) is 13.4. The van der Waals surface area contributed by atoms with Crippen molar-refractivity contribution in [2.75, 3.05) is 17.7 Å². The molecule has 0 aliphatic rings. The topological polar surface area (TPSA) is 59.1 Å². The van der Waals surface area contributed by atoms with Crippen molar-refractivity contribution >= 4 is 34.6 Å². The largest absolute Gasteiger partial charge is 0.495 e. The Bertz CT molecular complexity index is 854. The number of halogens is 1. The van der Waals surface area contributed by atoms with Gasteiger partial charge in [0.05, 0.1) is 12.8 Å². The molecular weight excluding hydrogens is 324 g/mol. The Kier molecular flexibility index (Phi) is 4.82. The minimum atomic E-state index is 0.652. The van der Waals surface area contributed by atoms with Gasteiger partial charge in [0.15, 0.2) is 0 Å². The average molecular weight is 341 g/mol. The van der Waals surface area contributed by atoms with Gasteiger partial charge in [0.1, 0.15) is 23.2 Å². The summed E-state index contributed by atoms with van der Waals surface area (Å²) in [5.74, 6) is 2.76. The molecule has 2 N–H and O–H groups in total.